The average molecular weight is 264 g/mol. The van der Waals surface area contributed by atoms with Gasteiger partial charge < -0.3 is 14.4 Å². The van der Waals surface area contributed by atoms with Gasteiger partial charge in [0.1, 0.15) is 5.54 Å². The van der Waals surface area contributed by atoms with E-state index in [0.29, 0.717) is 24.6 Å². The predicted molar refractivity (Wildman–Crippen MR) is 72.4 cm³/mol. The number of rotatable bonds is 4. The zero-order chi connectivity index (χ0) is 14.0. The third-order valence-electron chi connectivity index (χ3n) is 3.53. The Kier molecular flexibility index (Phi) is 3.66. The summed E-state index contributed by atoms with van der Waals surface area (Å²) in [5.41, 5.74) is 0.491. The van der Waals surface area contributed by atoms with Gasteiger partial charge in [0.05, 0.1) is 20.9 Å². The maximum atomic E-state index is 12.1. The van der Waals surface area contributed by atoms with Crippen molar-refractivity contribution in [3.63, 3.8) is 0 Å². The van der Waals surface area contributed by atoms with Crippen molar-refractivity contribution in [3.8, 4) is 11.5 Å². The van der Waals surface area contributed by atoms with E-state index in [0.717, 1.165) is 5.56 Å². The molecule has 1 N–H and O–H groups in total. The summed E-state index contributed by atoms with van der Waals surface area (Å²) in [7, 11) is 5.02. The van der Waals surface area contributed by atoms with Gasteiger partial charge in [-0.1, -0.05) is 6.07 Å². The lowest BCUT2D eigenvalue weighted by Gasteiger charge is -2.22. The Hall–Kier alpha value is -1.75. The molecule has 1 heterocycles. The Labute approximate surface area is 113 Å². The molecule has 0 saturated carbocycles. The van der Waals surface area contributed by atoms with Gasteiger partial charge in [0.2, 0.25) is 5.91 Å². The van der Waals surface area contributed by atoms with Crippen LogP contribution in [-0.2, 0) is 11.2 Å². The molecular formula is C14H20N2O3. The molecule has 5 heteroatoms. The van der Waals surface area contributed by atoms with Crippen LogP contribution in [-0.4, -0.2) is 44.3 Å². The van der Waals surface area contributed by atoms with Gasteiger partial charge in [-0.25, -0.2) is 0 Å². The molecule has 5 nitrogen and oxygen atoms in total. The Bertz CT molecular complexity index is 490. The third kappa shape index (κ3) is 2.51. The first-order valence-corrected chi connectivity index (χ1v) is 6.21. The van der Waals surface area contributed by atoms with Gasteiger partial charge in [-0.05, 0) is 31.0 Å². The molecule has 1 saturated heterocycles. The summed E-state index contributed by atoms with van der Waals surface area (Å²) in [6.45, 7) is 2.51. The van der Waals surface area contributed by atoms with Crippen LogP contribution in [0.4, 0.5) is 0 Å². The SMILES string of the molecule is COc1ccc(C[C@]2(C)NCN(C)C2=O)cc1OC. The van der Waals surface area contributed by atoms with Crippen LogP contribution in [0.5, 0.6) is 11.5 Å². The topological polar surface area (TPSA) is 50.8 Å². The first kappa shape index (κ1) is 13.7. The Morgan fingerprint density at radius 1 is 1.32 bits per heavy atom. The summed E-state index contributed by atoms with van der Waals surface area (Å²) >= 11 is 0. The predicted octanol–water partition coefficient (Wildman–Crippen LogP) is 1.02. The second-order valence-corrected chi connectivity index (χ2v) is 5.04. The zero-order valence-corrected chi connectivity index (χ0v) is 11.8. The van der Waals surface area contributed by atoms with Crippen LogP contribution in [0.1, 0.15) is 12.5 Å². The van der Waals surface area contributed by atoms with E-state index in [1.165, 1.54) is 0 Å². The van der Waals surface area contributed by atoms with Crippen molar-refractivity contribution in [2.45, 2.75) is 18.9 Å². The lowest BCUT2D eigenvalue weighted by Crippen LogP contribution is -2.45. The van der Waals surface area contributed by atoms with E-state index in [4.69, 9.17) is 9.47 Å². The van der Waals surface area contributed by atoms with E-state index in [-0.39, 0.29) is 5.91 Å². The molecule has 0 bridgehead atoms. The second kappa shape index (κ2) is 5.09. The first-order valence-electron chi connectivity index (χ1n) is 6.21. The quantitative estimate of drug-likeness (QED) is 0.882. The maximum Gasteiger partial charge on any atom is 0.243 e. The van der Waals surface area contributed by atoms with Gasteiger partial charge in [0.15, 0.2) is 11.5 Å². The molecule has 1 amide bonds. The largest absolute Gasteiger partial charge is 0.493 e. The van der Waals surface area contributed by atoms with Crippen LogP contribution < -0.4 is 14.8 Å². The number of benzene rings is 1. The molecule has 1 aromatic carbocycles. The fourth-order valence-corrected chi connectivity index (χ4v) is 2.40. The number of carbonyl (C=O) groups excluding carboxylic acids is 1. The minimum absolute atomic E-state index is 0.113. The van der Waals surface area contributed by atoms with Crippen molar-refractivity contribution in [2.24, 2.45) is 0 Å². The third-order valence-corrected chi connectivity index (χ3v) is 3.53. The van der Waals surface area contributed by atoms with Crippen molar-refractivity contribution in [1.29, 1.82) is 0 Å². The minimum atomic E-state index is -0.547. The van der Waals surface area contributed by atoms with Crippen molar-refractivity contribution in [1.82, 2.24) is 10.2 Å². The molecule has 1 atom stereocenters. The highest BCUT2D eigenvalue weighted by molar-refractivity contribution is 5.88. The molecule has 0 radical (unpaired) electrons. The van der Waals surface area contributed by atoms with Crippen LogP contribution in [0.3, 0.4) is 0 Å². The Morgan fingerprint density at radius 3 is 2.53 bits per heavy atom. The summed E-state index contributed by atoms with van der Waals surface area (Å²) in [6, 6.07) is 5.73. The lowest BCUT2D eigenvalue weighted by molar-refractivity contribution is -0.130. The summed E-state index contributed by atoms with van der Waals surface area (Å²) in [4.78, 5) is 13.8. The zero-order valence-electron chi connectivity index (χ0n) is 11.8. The normalized spacial score (nSPS) is 22.7. The molecule has 2 rings (SSSR count). The first-order chi connectivity index (χ1) is 9.00. The van der Waals surface area contributed by atoms with E-state index in [1.54, 1.807) is 26.2 Å². The minimum Gasteiger partial charge on any atom is -0.493 e. The monoisotopic (exact) mass is 264 g/mol. The van der Waals surface area contributed by atoms with Crippen LogP contribution in [0.2, 0.25) is 0 Å². The van der Waals surface area contributed by atoms with Crippen molar-refractivity contribution < 1.29 is 14.3 Å². The highest BCUT2D eigenvalue weighted by Gasteiger charge is 2.40. The number of carbonyl (C=O) groups is 1. The molecule has 0 spiro atoms. The van der Waals surface area contributed by atoms with Gasteiger partial charge in [0, 0.05) is 7.05 Å². The number of ether oxygens (including phenoxy) is 2. The van der Waals surface area contributed by atoms with Crippen LogP contribution in [0.15, 0.2) is 18.2 Å². The lowest BCUT2D eigenvalue weighted by atomic mass is 9.92. The van der Waals surface area contributed by atoms with Gasteiger partial charge >= 0.3 is 0 Å². The van der Waals surface area contributed by atoms with E-state index in [1.807, 2.05) is 25.1 Å². The highest BCUT2D eigenvalue weighted by Crippen LogP contribution is 2.30. The van der Waals surface area contributed by atoms with E-state index >= 15 is 0 Å². The molecule has 104 valence electrons. The molecule has 1 aliphatic rings. The Morgan fingerprint density at radius 2 is 2.00 bits per heavy atom. The molecule has 1 fully saturated rings. The fraction of sp³-hybridized carbons (Fsp3) is 0.500. The smallest absolute Gasteiger partial charge is 0.243 e. The maximum absolute atomic E-state index is 12.1. The summed E-state index contributed by atoms with van der Waals surface area (Å²) in [6.07, 6.45) is 0.622. The van der Waals surface area contributed by atoms with Crippen molar-refractivity contribution >= 4 is 5.91 Å². The second-order valence-electron chi connectivity index (χ2n) is 5.04. The molecular weight excluding hydrogens is 244 g/mol. The number of hydrogen-bond acceptors (Lipinski definition) is 4. The van der Waals surface area contributed by atoms with Crippen LogP contribution in [0, 0.1) is 0 Å². The van der Waals surface area contributed by atoms with Crippen LogP contribution >= 0.6 is 0 Å². The van der Waals surface area contributed by atoms with E-state index in [2.05, 4.69) is 5.32 Å². The molecule has 1 aromatic rings. The van der Waals surface area contributed by atoms with E-state index < -0.39 is 5.54 Å². The number of nitrogens with zero attached hydrogens (tertiary/aromatic N) is 1. The number of amides is 1. The number of methoxy groups -OCH3 is 2. The molecule has 0 aliphatic carbocycles. The number of likely N-dealkylation sites (N-methyl/N-ethyl adjacent to an activating group) is 1. The average Bonchev–Trinajstić information content (AvgIpc) is 2.66. The fourth-order valence-electron chi connectivity index (χ4n) is 2.40. The van der Waals surface area contributed by atoms with Gasteiger partial charge in [-0.15, -0.1) is 0 Å². The van der Waals surface area contributed by atoms with E-state index in [9.17, 15) is 4.79 Å². The number of hydrogen-bond donors (Lipinski definition) is 1. The highest BCUT2D eigenvalue weighted by atomic mass is 16.5. The van der Waals surface area contributed by atoms with Gasteiger partial charge in [-0.3, -0.25) is 10.1 Å². The molecule has 19 heavy (non-hydrogen) atoms. The van der Waals surface area contributed by atoms with Crippen molar-refractivity contribution in [2.75, 3.05) is 27.9 Å². The number of nitrogens with one attached hydrogen (secondary N) is 1. The van der Waals surface area contributed by atoms with Gasteiger partial charge in [0.25, 0.3) is 0 Å². The molecule has 0 aromatic heterocycles. The summed E-state index contributed by atoms with van der Waals surface area (Å²) < 4.78 is 10.5. The van der Waals surface area contributed by atoms with Crippen molar-refractivity contribution in [3.05, 3.63) is 23.8 Å². The van der Waals surface area contributed by atoms with Gasteiger partial charge in [-0.2, -0.15) is 0 Å². The molecule has 1 aliphatic heterocycles. The Balaban J connectivity index is 2.22. The molecule has 0 unspecified atom stereocenters. The summed E-state index contributed by atoms with van der Waals surface area (Å²) in [5, 5.41) is 3.25. The summed E-state index contributed by atoms with van der Waals surface area (Å²) in [5.74, 6) is 1.49. The van der Waals surface area contributed by atoms with Crippen LogP contribution in [0.25, 0.3) is 0 Å². The standard InChI is InChI=1S/C14H20N2O3/c1-14(13(17)16(2)9-15-14)8-10-5-6-11(18-3)12(7-10)19-4/h5-7,15H,8-9H2,1-4H3/t14-/m0/s1.